The average molecular weight is 276 g/mol. The first-order chi connectivity index (χ1) is 8.78. The van der Waals surface area contributed by atoms with Crippen LogP contribution in [0.3, 0.4) is 0 Å². The first kappa shape index (κ1) is 15.8. The summed E-state index contributed by atoms with van der Waals surface area (Å²) in [5.41, 5.74) is 5.70. The first-order valence-electron chi connectivity index (χ1n) is 5.93. The van der Waals surface area contributed by atoms with Crippen LogP contribution in [0.1, 0.15) is 12.5 Å². The van der Waals surface area contributed by atoms with E-state index in [0.717, 1.165) is 5.56 Å². The third-order valence-corrected chi connectivity index (χ3v) is 2.92. The topological polar surface area (TPSA) is 47.3 Å². The van der Waals surface area contributed by atoms with Gasteiger partial charge in [0.1, 0.15) is 5.75 Å². The molecule has 0 saturated carbocycles. The smallest absolute Gasteiger partial charge is 0.401 e. The molecule has 19 heavy (non-hydrogen) atoms. The number of methoxy groups -OCH3 is 1. The van der Waals surface area contributed by atoms with Gasteiger partial charge in [0.2, 0.25) is 0 Å². The molecule has 0 aliphatic heterocycles. The number of benzene rings is 1. The lowest BCUT2D eigenvalue weighted by Gasteiger charge is -2.30. The van der Waals surface area contributed by atoms with Crippen LogP contribution in [-0.4, -0.2) is 31.9 Å². The van der Waals surface area contributed by atoms with Crippen LogP contribution in [0.5, 0.6) is 5.75 Å². The van der Waals surface area contributed by atoms with Gasteiger partial charge < -0.3 is 15.8 Å². The Morgan fingerprint density at radius 1 is 1.21 bits per heavy atom. The van der Waals surface area contributed by atoms with Gasteiger partial charge in [0, 0.05) is 12.1 Å². The maximum absolute atomic E-state index is 12.2. The third kappa shape index (κ3) is 5.48. The fourth-order valence-electron chi connectivity index (χ4n) is 1.71. The van der Waals surface area contributed by atoms with Crippen LogP contribution in [0, 0.1) is 0 Å². The fraction of sp³-hybridized carbons (Fsp3) is 0.538. The molecule has 3 N–H and O–H groups in total. The van der Waals surface area contributed by atoms with Crippen molar-refractivity contribution in [2.75, 3.05) is 20.2 Å². The highest BCUT2D eigenvalue weighted by Crippen LogP contribution is 2.19. The second-order valence-corrected chi connectivity index (χ2v) is 4.76. The van der Waals surface area contributed by atoms with Crippen molar-refractivity contribution in [3.8, 4) is 5.75 Å². The van der Waals surface area contributed by atoms with Gasteiger partial charge in [0.15, 0.2) is 0 Å². The number of nitrogens with one attached hydrogen (secondary N) is 1. The van der Waals surface area contributed by atoms with Crippen molar-refractivity contribution in [1.29, 1.82) is 0 Å². The molecule has 1 atom stereocenters. The molecular weight excluding hydrogens is 257 g/mol. The maximum Gasteiger partial charge on any atom is 0.401 e. The van der Waals surface area contributed by atoms with E-state index >= 15 is 0 Å². The van der Waals surface area contributed by atoms with Gasteiger partial charge in [-0.05, 0) is 31.0 Å². The molecule has 1 aromatic rings. The zero-order valence-electron chi connectivity index (χ0n) is 11.1. The molecular formula is C13H19F3N2O. The normalized spacial score (nSPS) is 15.1. The van der Waals surface area contributed by atoms with Gasteiger partial charge in [0.05, 0.1) is 13.7 Å². The third-order valence-electron chi connectivity index (χ3n) is 2.92. The molecule has 0 aromatic heterocycles. The highest BCUT2D eigenvalue weighted by Gasteiger charge is 2.32. The lowest BCUT2D eigenvalue weighted by molar-refractivity contribution is -0.128. The molecule has 1 unspecified atom stereocenters. The zero-order chi connectivity index (χ0) is 14.5. The second-order valence-electron chi connectivity index (χ2n) is 4.76. The minimum atomic E-state index is -4.24. The summed E-state index contributed by atoms with van der Waals surface area (Å²) in [5.74, 6) is 0.710. The van der Waals surface area contributed by atoms with Crippen LogP contribution in [0.25, 0.3) is 0 Å². The summed E-state index contributed by atoms with van der Waals surface area (Å²) < 4.78 is 41.7. The quantitative estimate of drug-likeness (QED) is 0.836. The van der Waals surface area contributed by atoms with E-state index in [2.05, 4.69) is 5.32 Å². The Morgan fingerprint density at radius 2 is 1.79 bits per heavy atom. The van der Waals surface area contributed by atoms with E-state index in [9.17, 15) is 13.2 Å². The van der Waals surface area contributed by atoms with Crippen LogP contribution in [0.15, 0.2) is 24.3 Å². The molecule has 3 nitrogen and oxygen atoms in total. The predicted octanol–water partition coefficient (Wildman–Crippen LogP) is 2.11. The van der Waals surface area contributed by atoms with Gasteiger partial charge in [-0.1, -0.05) is 12.1 Å². The van der Waals surface area contributed by atoms with Gasteiger partial charge >= 0.3 is 6.18 Å². The Morgan fingerprint density at radius 3 is 2.21 bits per heavy atom. The summed E-state index contributed by atoms with van der Waals surface area (Å²) in [6.07, 6.45) is -3.82. The van der Waals surface area contributed by atoms with E-state index in [1.54, 1.807) is 26.2 Å². The number of rotatable bonds is 6. The number of nitrogens with two attached hydrogens (primary N) is 1. The first-order valence-corrected chi connectivity index (χ1v) is 5.93. The minimum Gasteiger partial charge on any atom is -0.497 e. The van der Waals surface area contributed by atoms with E-state index in [1.807, 2.05) is 12.1 Å². The number of ether oxygens (including phenoxy) is 1. The Bertz CT molecular complexity index is 392. The molecule has 0 bridgehead atoms. The lowest BCUT2D eigenvalue weighted by Crippen LogP contribution is -2.53. The van der Waals surface area contributed by atoms with Gasteiger partial charge in [-0.15, -0.1) is 0 Å². The minimum absolute atomic E-state index is 0.120. The van der Waals surface area contributed by atoms with Crippen LogP contribution >= 0.6 is 0 Å². The second kappa shape index (κ2) is 6.25. The maximum atomic E-state index is 12.2. The molecule has 0 amide bonds. The van der Waals surface area contributed by atoms with E-state index in [4.69, 9.17) is 10.5 Å². The van der Waals surface area contributed by atoms with E-state index in [0.29, 0.717) is 12.2 Å². The van der Waals surface area contributed by atoms with Crippen molar-refractivity contribution in [3.63, 3.8) is 0 Å². The fourth-order valence-corrected chi connectivity index (χ4v) is 1.71. The Hall–Kier alpha value is -1.27. The van der Waals surface area contributed by atoms with Crippen LogP contribution in [0.4, 0.5) is 13.2 Å². The summed E-state index contributed by atoms with van der Waals surface area (Å²) in [6, 6.07) is 7.19. The Labute approximate surface area is 110 Å². The summed E-state index contributed by atoms with van der Waals surface area (Å²) in [7, 11) is 1.56. The molecule has 0 radical (unpaired) electrons. The van der Waals surface area contributed by atoms with Crippen molar-refractivity contribution < 1.29 is 17.9 Å². The number of halogens is 3. The molecule has 6 heteroatoms. The molecule has 0 heterocycles. The van der Waals surface area contributed by atoms with Crippen molar-refractivity contribution in [1.82, 2.24) is 5.32 Å². The summed E-state index contributed by atoms with van der Waals surface area (Å²) >= 11 is 0. The van der Waals surface area contributed by atoms with E-state index in [-0.39, 0.29) is 6.54 Å². The highest BCUT2D eigenvalue weighted by molar-refractivity contribution is 5.28. The van der Waals surface area contributed by atoms with Crippen molar-refractivity contribution in [2.45, 2.75) is 25.1 Å². The summed E-state index contributed by atoms with van der Waals surface area (Å²) in [4.78, 5) is 0. The standard InChI is InChI=1S/C13H19F3N2O/c1-12(8-17,18-9-13(14,15)16)7-10-3-5-11(19-2)6-4-10/h3-6,18H,7-9,17H2,1-2H3. The molecule has 0 aliphatic rings. The Balaban J connectivity index is 2.68. The van der Waals surface area contributed by atoms with Crippen LogP contribution in [-0.2, 0) is 6.42 Å². The molecule has 1 rings (SSSR count). The predicted molar refractivity (Wildman–Crippen MR) is 68.2 cm³/mol. The number of alkyl halides is 3. The monoisotopic (exact) mass is 276 g/mol. The summed E-state index contributed by atoms with van der Waals surface area (Å²) in [6.45, 7) is 0.759. The van der Waals surface area contributed by atoms with Gasteiger partial charge in [-0.3, -0.25) is 0 Å². The van der Waals surface area contributed by atoms with E-state index in [1.165, 1.54) is 0 Å². The zero-order valence-corrected chi connectivity index (χ0v) is 11.1. The SMILES string of the molecule is COc1ccc(CC(C)(CN)NCC(F)(F)F)cc1. The van der Waals surface area contributed by atoms with Gasteiger partial charge in [0.25, 0.3) is 0 Å². The van der Waals surface area contributed by atoms with Crippen molar-refractivity contribution in [3.05, 3.63) is 29.8 Å². The highest BCUT2D eigenvalue weighted by atomic mass is 19.4. The molecule has 0 fully saturated rings. The lowest BCUT2D eigenvalue weighted by atomic mass is 9.92. The van der Waals surface area contributed by atoms with Crippen LogP contribution in [0.2, 0.25) is 0 Å². The largest absolute Gasteiger partial charge is 0.497 e. The average Bonchev–Trinajstić information content (AvgIpc) is 2.37. The number of hydrogen-bond acceptors (Lipinski definition) is 3. The van der Waals surface area contributed by atoms with Crippen molar-refractivity contribution >= 4 is 0 Å². The van der Waals surface area contributed by atoms with Crippen LogP contribution < -0.4 is 15.8 Å². The number of hydrogen-bond donors (Lipinski definition) is 2. The van der Waals surface area contributed by atoms with Crippen molar-refractivity contribution in [2.24, 2.45) is 5.73 Å². The molecule has 108 valence electrons. The van der Waals surface area contributed by atoms with Gasteiger partial charge in [-0.25, -0.2) is 0 Å². The van der Waals surface area contributed by atoms with E-state index < -0.39 is 18.3 Å². The molecule has 0 aliphatic carbocycles. The molecule has 1 aromatic carbocycles. The summed E-state index contributed by atoms with van der Waals surface area (Å²) in [5, 5.41) is 2.48. The molecule has 0 saturated heterocycles. The van der Waals surface area contributed by atoms with Gasteiger partial charge in [-0.2, -0.15) is 13.2 Å². The Kier molecular flexibility index (Phi) is 5.20. The molecule has 0 spiro atoms.